The molecule has 0 fully saturated rings. The molecule has 0 saturated carbocycles. The zero-order valence-corrected chi connectivity index (χ0v) is 11.7. The van der Waals surface area contributed by atoms with Crippen molar-refractivity contribution in [3.63, 3.8) is 0 Å². The van der Waals surface area contributed by atoms with E-state index in [1.165, 1.54) is 12.1 Å². The summed E-state index contributed by atoms with van der Waals surface area (Å²) < 4.78 is 10.7. The van der Waals surface area contributed by atoms with E-state index in [1.807, 2.05) is 12.2 Å². The molecule has 0 saturated heterocycles. The molecule has 6 nitrogen and oxygen atoms in total. The van der Waals surface area contributed by atoms with Crippen molar-refractivity contribution in [2.45, 2.75) is 32.0 Å². The molecule has 0 aliphatic carbocycles. The van der Waals surface area contributed by atoms with E-state index in [9.17, 15) is 14.9 Å². The van der Waals surface area contributed by atoms with Gasteiger partial charge in [-0.2, -0.15) is 0 Å². The first kappa shape index (κ1) is 15.2. The zero-order chi connectivity index (χ0) is 15.2. The SMILES string of the molecule is CCOC(=O)C[C@@H]1C=CC[C@H](c2ccc([N+](=O)[O-])cc2)O1. The van der Waals surface area contributed by atoms with Crippen LogP contribution in [0.4, 0.5) is 5.69 Å². The molecule has 112 valence electrons. The lowest BCUT2D eigenvalue weighted by atomic mass is 10.0. The van der Waals surface area contributed by atoms with Crippen LogP contribution < -0.4 is 0 Å². The maximum Gasteiger partial charge on any atom is 0.308 e. The molecule has 0 bridgehead atoms. The Morgan fingerprint density at radius 3 is 2.76 bits per heavy atom. The first-order valence-corrected chi connectivity index (χ1v) is 6.82. The van der Waals surface area contributed by atoms with Crippen LogP contribution in [0.2, 0.25) is 0 Å². The average Bonchev–Trinajstić information content (AvgIpc) is 2.48. The Bertz CT molecular complexity index is 537. The highest BCUT2D eigenvalue weighted by Gasteiger charge is 2.22. The summed E-state index contributed by atoms with van der Waals surface area (Å²) in [7, 11) is 0. The Kier molecular flexibility index (Phi) is 5.05. The number of carbonyl (C=O) groups is 1. The van der Waals surface area contributed by atoms with Crippen LogP contribution in [0.3, 0.4) is 0 Å². The third kappa shape index (κ3) is 4.13. The molecule has 21 heavy (non-hydrogen) atoms. The van der Waals surface area contributed by atoms with Gasteiger partial charge in [0.1, 0.15) is 0 Å². The first-order valence-electron chi connectivity index (χ1n) is 6.82. The van der Waals surface area contributed by atoms with E-state index in [0.29, 0.717) is 13.0 Å². The third-order valence-electron chi connectivity index (χ3n) is 3.19. The van der Waals surface area contributed by atoms with Crippen molar-refractivity contribution < 1.29 is 19.2 Å². The molecule has 1 aliphatic heterocycles. The predicted molar refractivity (Wildman–Crippen MR) is 75.7 cm³/mol. The van der Waals surface area contributed by atoms with Gasteiger partial charge in [-0.05, 0) is 31.0 Å². The van der Waals surface area contributed by atoms with Gasteiger partial charge in [0.15, 0.2) is 0 Å². The van der Waals surface area contributed by atoms with E-state index < -0.39 is 4.92 Å². The van der Waals surface area contributed by atoms with Gasteiger partial charge in [-0.3, -0.25) is 14.9 Å². The van der Waals surface area contributed by atoms with Crippen LogP contribution in [-0.2, 0) is 14.3 Å². The molecule has 0 radical (unpaired) electrons. The lowest BCUT2D eigenvalue weighted by Crippen LogP contribution is -2.22. The van der Waals surface area contributed by atoms with Gasteiger partial charge in [-0.1, -0.05) is 12.2 Å². The van der Waals surface area contributed by atoms with Gasteiger partial charge in [0.25, 0.3) is 5.69 Å². The van der Waals surface area contributed by atoms with Crippen LogP contribution in [-0.4, -0.2) is 23.6 Å². The fraction of sp³-hybridized carbons (Fsp3) is 0.400. The van der Waals surface area contributed by atoms with Crippen molar-refractivity contribution in [3.05, 3.63) is 52.1 Å². The van der Waals surface area contributed by atoms with Crippen molar-refractivity contribution in [1.82, 2.24) is 0 Å². The summed E-state index contributed by atoms with van der Waals surface area (Å²) in [5, 5.41) is 10.6. The molecule has 0 amide bonds. The number of nitrogens with zero attached hydrogens (tertiary/aromatic N) is 1. The molecule has 1 aliphatic rings. The van der Waals surface area contributed by atoms with E-state index >= 15 is 0 Å². The van der Waals surface area contributed by atoms with Crippen molar-refractivity contribution in [2.24, 2.45) is 0 Å². The maximum atomic E-state index is 11.5. The van der Waals surface area contributed by atoms with Gasteiger partial charge >= 0.3 is 5.97 Å². The topological polar surface area (TPSA) is 78.7 Å². The monoisotopic (exact) mass is 291 g/mol. The van der Waals surface area contributed by atoms with Crippen molar-refractivity contribution in [2.75, 3.05) is 6.61 Å². The standard InChI is InChI=1S/C15H17NO5/c1-2-20-15(17)10-13-4-3-5-14(21-13)11-6-8-12(9-7-11)16(18)19/h3-4,6-9,13-14H,2,5,10H2,1H3/t13-,14+/m0/s1. The summed E-state index contributed by atoms with van der Waals surface area (Å²) in [5.41, 5.74) is 0.909. The van der Waals surface area contributed by atoms with Crippen molar-refractivity contribution >= 4 is 11.7 Å². The van der Waals surface area contributed by atoms with Crippen LogP contribution in [0.15, 0.2) is 36.4 Å². The maximum absolute atomic E-state index is 11.5. The number of esters is 1. The molecular weight excluding hydrogens is 274 g/mol. The number of nitro groups is 1. The van der Waals surface area contributed by atoms with Crippen LogP contribution >= 0.6 is 0 Å². The fourth-order valence-electron chi connectivity index (χ4n) is 2.19. The highest BCUT2D eigenvalue weighted by atomic mass is 16.6. The molecular formula is C15H17NO5. The van der Waals surface area contributed by atoms with Crippen LogP contribution in [0.1, 0.15) is 31.4 Å². The Morgan fingerprint density at radius 2 is 2.14 bits per heavy atom. The lowest BCUT2D eigenvalue weighted by Gasteiger charge is -2.25. The Morgan fingerprint density at radius 1 is 1.43 bits per heavy atom. The van der Waals surface area contributed by atoms with Crippen molar-refractivity contribution in [1.29, 1.82) is 0 Å². The van der Waals surface area contributed by atoms with E-state index in [2.05, 4.69) is 0 Å². The Balaban J connectivity index is 2.00. The van der Waals surface area contributed by atoms with E-state index in [4.69, 9.17) is 9.47 Å². The molecule has 2 rings (SSSR count). The van der Waals surface area contributed by atoms with E-state index in [0.717, 1.165) is 5.56 Å². The highest BCUT2D eigenvalue weighted by molar-refractivity contribution is 5.70. The molecule has 0 unspecified atom stereocenters. The average molecular weight is 291 g/mol. The normalized spacial score (nSPS) is 21.0. The van der Waals surface area contributed by atoms with Crippen LogP contribution in [0.5, 0.6) is 0 Å². The van der Waals surface area contributed by atoms with E-state index in [-0.39, 0.29) is 30.3 Å². The summed E-state index contributed by atoms with van der Waals surface area (Å²) in [6.07, 6.45) is 4.14. The van der Waals surface area contributed by atoms with Gasteiger partial charge in [-0.25, -0.2) is 0 Å². The molecule has 1 heterocycles. The summed E-state index contributed by atoms with van der Waals surface area (Å²) in [5.74, 6) is -0.295. The summed E-state index contributed by atoms with van der Waals surface area (Å²) in [6.45, 7) is 2.11. The molecule has 0 aromatic heterocycles. The number of ether oxygens (including phenoxy) is 2. The minimum absolute atomic E-state index is 0.0492. The Hall–Kier alpha value is -2.21. The van der Waals surface area contributed by atoms with Crippen molar-refractivity contribution in [3.8, 4) is 0 Å². The summed E-state index contributed by atoms with van der Waals surface area (Å²) >= 11 is 0. The predicted octanol–water partition coefficient (Wildman–Crippen LogP) is 2.93. The van der Waals surface area contributed by atoms with Gasteiger partial charge in [-0.15, -0.1) is 0 Å². The molecule has 0 spiro atoms. The van der Waals surface area contributed by atoms with Crippen LogP contribution in [0, 0.1) is 10.1 Å². The number of hydrogen-bond donors (Lipinski definition) is 0. The largest absolute Gasteiger partial charge is 0.466 e. The zero-order valence-electron chi connectivity index (χ0n) is 11.7. The number of hydrogen-bond acceptors (Lipinski definition) is 5. The third-order valence-corrected chi connectivity index (χ3v) is 3.19. The molecule has 6 heteroatoms. The highest BCUT2D eigenvalue weighted by Crippen LogP contribution is 2.29. The second-order valence-corrected chi connectivity index (χ2v) is 4.68. The molecule has 0 N–H and O–H groups in total. The van der Waals surface area contributed by atoms with Gasteiger partial charge in [0, 0.05) is 12.1 Å². The number of benzene rings is 1. The number of rotatable bonds is 5. The van der Waals surface area contributed by atoms with Gasteiger partial charge in [0.2, 0.25) is 0 Å². The quantitative estimate of drug-likeness (QED) is 0.361. The fourth-order valence-corrected chi connectivity index (χ4v) is 2.19. The minimum atomic E-state index is -0.436. The summed E-state index contributed by atoms with van der Waals surface area (Å²) in [6, 6.07) is 6.28. The molecule has 1 aromatic rings. The second kappa shape index (κ2) is 6.99. The summed E-state index contributed by atoms with van der Waals surface area (Å²) in [4.78, 5) is 21.7. The number of non-ortho nitro benzene ring substituents is 1. The molecule has 2 atom stereocenters. The number of nitro benzene ring substituents is 1. The minimum Gasteiger partial charge on any atom is -0.466 e. The lowest BCUT2D eigenvalue weighted by molar-refractivity contribution is -0.384. The van der Waals surface area contributed by atoms with Gasteiger partial charge in [0.05, 0.1) is 30.2 Å². The van der Waals surface area contributed by atoms with Crippen LogP contribution in [0.25, 0.3) is 0 Å². The Labute approximate surface area is 122 Å². The number of carbonyl (C=O) groups excluding carboxylic acids is 1. The molecule has 1 aromatic carbocycles. The van der Waals surface area contributed by atoms with Gasteiger partial charge < -0.3 is 9.47 Å². The first-order chi connectivity index (χ1) is 10.1. The second-order valence-electron chi connectivity index (χ2n) is 4.68. The smallest absolute Gasteiger partial charge is 0.308 e. The van der Waals surface area contributed by atoms with E-state index in [1.54, 1.807) is 19.1 Å².